The Balaban J connectivity index is 1.46. The highest BCUT2D eigenvalue weighted by molar-refractivity contribution is 7.99. The zero-order chi connectivity index (χ0) is 24.5. The molecule has 0 saturated carbocycles. The fourth-order valence-electron chi connectivity index (χ4n) is 4.39. The first-order valence-corrected chi connectivity index (χ1v) is 13.4. The van der Waals surface area contributed by atoms with Crippen molar-refractivity contribution < 1.29 is 9.59 Å². The molecule has 1 aliphatic carbocycles. The Bertz CT molecular complexity index is 1470. The van der Waals surface area contributed by atoms with Gasteiger partial charge in [0, 0.05) is 16.1 Å². The van der Waals surface area contributed by atoms with Crippen molar-refractivity contribution >= 4 is 50.7 Å². The third-order valence-corrected chi connectivity index (χ3v) is 8.31. The van der Waals surface area contributed by atoms with Crippen molar-refractivity contribution in [3.63, 3.8) is 0 Å². The second kappa shape index (κ2) is 9.79. The lowest BCUT2D eigenvalue weighted by Crippen LogP contribution is -2.23. The van der Waals surface area contributed by atoms with Crippen LogP contribution in [0.5, 0.6) is 0 Å². The van der Waals surface area contributed by atoms with Gasteiger partial charge in [-0.05, 0) is 74.1 Å². The maximum absolute atomic E-state index is 13.8. The molecule has 2 aromatic heterocycles. The predicted molar refractivity (Wildman–Crippen MR) is 142 cm³/mol. The summed E-state index contributed by atoms with van der Waals surface area (Å²) in [7, 11) is 0. The number of benzene rings is 2. The largest absolute Gasteiger partial charge is 0.325 e. The molecule has 0 spiro atoms. The van der Waals surface area contributed by atoms with Crippen LogP contribution >= 0.6 is 23.1 Å². The summed E-state index contributed by atoms with van der Waals surface area (Å²) in [4.78, 5) is 44.8. The molecule has 2 aromatic carbocycles. The van der Waals surface area contributed by atoms with Crippen LogP contribution in [0.1, 0.15) is 41.1 Å². The minimum absolute atomic E-state index is 0.0245. The standard InChI is InChI=1S/C27H25N3O3S2/c1-16-8-13-21-22(14-16)35-25-24(21)26(33)30(20-6-4-3-5-7-20)27(29-25)34-15-23(32)28-19-11-9-18(10-12-19)17(2)31/h3-7,9-12,16H,8,13-15H2,1-2H3,(H,28,32)/t16-/m1/s1. The summed E-state index contributed by atoms with van der Waals surface area (Å²) in [5, 5.41) is 4.07. The molecule has 0 unspecified atom stereocenters. The lowest BCUT2D eigenvalue weighted by molar-refractivity contribution is -0.113. The number of carbonyl (C=O) groups excluding carboxylic acids is 2. The first-order valence-electron chi connectivity index (χ1n) is 11.6. The van der Waals surface area contributed by atoms with E-state index in [0.717, 1.165) is 40.7 Å². The minimum atomic E-state index is -0.209. The molecule has 1 aliphatic rings. The predicted octanol–water partition coefficient (Wildman–Crippen LogP) is 5.51. The Morgan fingerprint density at radius 1 is 1.14 bits per heavy atom. The first-order chi connectivity index (χ1) is 16.9. The summed E-state index contributed by atoms with van der Waals surface area (Å²) in [5.41, 5.74) is 3.02. The Hall–Kier alpha value is -3.23. The Labute approximate surface area is 211 Å². The minimum Gasteiger partial charge on any atom is -0.325 e. The number of ketones is 1. The van der Waals surface area contributed by atoms with E-state index in [4.69, 9.17) is 4.98 Å². The summed E-state index contributed by atoms with van der Waals surface area (Å²) in [5.74, 6) is 0.470. The van der Waals surface area contributed by atoms with Crippen LogP contribution in [-0.4, -0.2) is 27.0 Å². The molecule has 35 heavy (non-hydrogen) atoms. The third kappa shape index (κ3) is 4.81. The number of anilines is 1. The summed E-state index contributed by atoms with van der Waals surface area (Å²) in [6.45, 7) is 3.75. The number of amides is 1. The summed E-state index contributed by atoms with van der Waals surface area (Å²) in [6.07, 6.45) is 2.96. The number of para-hydroxylation sites is 1. The normalized spacial score (nSPS) is 15.1. The molecule has 6 nitrogen and oxygen atoms in total. The van der Waals surface area contributed by atoms with Gasteiger partial charge in [0.25, 0.3) is 5.56 Å². The molecule has 0 aliphatic heterocycles. The van der Waals surface area contributed by atoms with Gasteiger partial charge in [-0.1, -0.05) is 36.9 Å². The van der Waals surface area contributed by atoms with Crippen molar-refractivity contribution in [2.24, 2.45) is 5.92 Å². The van der Waals surface area contributed by atoms with Crippen molar-refractivity contribution in [1.29, 1.82) is 0 Å². The molecule has 1 atom stereocenters. The van der Waals surface area contributed by atoms with Gasteiger partial charge in [-0.15, -0.1) is 11.3 Å². The smallest absolute Gasteiger partial charge is 0.267 e. The molecule has 4 aromatic rings. The van der Waals surface area contributed by atoms with Gasteiger partial charge in [-0.2, -0.15) is 0 Å². The van der Waals surface area contributed by atoms with Crippen molar-refractivity contribution in [3.8, 4) is 5.69 Å². The van der Waals surface area contributed by atoms with Gasteiger partial charge in [0.15, 0.2) is 10.9 Å². The number of fused-ring (bicyclic) bond motifs is 3. The summed E-state index contributed by atoms with van der Waals surface area (Å²) in [6, 6.07) is 16.3. The van der Waals surface area contributed by atoms with E-state index in [1.165, 1.54) is 23.6 Å². The molecule has 0 radical (unpaired) electrons. The van der Waals surface area contributed by atoms with Crippen molar-refractivity contribution in [2.75, 3.05) is 11.1 Å². The SMILES string of the molecule is CC(=O)c1ccc(NC(=O)CSc2nc3sc4c(c3c(=O)n2-c2ccccc2)CC[C@@H](C)C4)cc1. The van der Waals surface area contributed by atoms with E-state index in [-0.39, 0.29) is 23.0 Å². The molecule has 5 rings (SSSR count). The van der Waals surface area contributed by atoms with E-state index in [9.17, 15) is 14.4 Å². The highest BCUT2D eigenvalue weighted by Gasteiger charge is 2.25. The molecule has 2 heterocycles. The van der Waals surface area contributed by atoms with Crippen LogP contribution in [0.4, 0.5) is 5.69 Å². The molecule has 0 bridgehead atoms. The highest BCUT2D eigenvalue weighted by Crippen LogP contribution is 2.37. The highest BCUT2D eigenvalue weighted by atomic mass is 32.2. The number of aromatic nitrogens is 2. The maximum Gasteiger partial charge on any atom is 0.267 e. The van der Waals surface area contributed by atoms with E-state index >= 15 is 0 Å². The lowest BCUT2D eigenvalue weighted by Gasteiger charge is -2.17. The number of Topliss-reactive ketones (excluding diaryl/α,β-unsaturated/α-hetero) is 1. The van der Waals surface area contributed by atoms with Gasteiger partial charge < -0.3 is 5.32 Å². The number of hydrogen-bond acceptors (Lipinski definition) is 6. The fraction of sp³-hybridized carbons (Fsp3) is 0.259. The van der Waals surface area contributed by atoms with Gasteiger partial charge in [0.2, 0.25) is 5.91 Å². The van der Waals surface area contributed by atoms with Crippen LogP contribution in [0.3, 0.4) is 0 Å². The number of hydrogen-bond donors (Lipinski definition) is 1. The molecule has 178 valence electrons. The van der Waals surface area contributed by atoms with Gasteiger partial charge >= 0.3 is 0 Å². The van der Waals surface area contributed by atoms with Crippen LogP contribution in [0.25, 0.3) is 15.9 Å². The molecular formula is C27H25N3O3S2. The van der Waals surface area contributed by atoms with Gasteiger partial charge in [-0.3, -0.25) is 19.0 Å². The van der Waals surface area contributed by atoms with Crippen LogP contribution in [0, 0.1) is 5.92 Å². The molecule has 8 heteroatoms. The number of thiophene rings is 1. The van der Waals surface area contributed by atoms with Gasteiger partial charge in [0.05, 0.1) is 16.8 Å². The van der Waals surface area contributed by atoms with E-state index in [2.05, 4.69) is 12.2 Å². The van der Waals surface area contributed by atoms with Crippen molar-refractivity contribution in [1.82, 2.24) is 9.55 Å². The number of aryl methyl sites for hydroxylation is 1. The van der Waals surface area contributed by atoms with Crippen molar-refractivity contribution in [2.45, 2.75) is 38.3 Å². The Morgan fingerprint density at radius 2 is 1.89 bits per heavy atom. The van der Waals surface area contributed by atoms with Crippen LogP contribution in [0.15, 0.2) is 64.5 Å². The third-order valence-electron chi connectivity index (χ3n) is 6.22. The van der Waals surface area contributed by atoms with Crippen molar-refractivity contribution in [3.05, 3.63) is 81.0 Å². The summed E-state index contributed by atoms with van der Waals surface area (Å²) < 4.78 is 1.63. The second-order valence-corrected chi connectivity index (χ2v) is 10.9. The number of rotatable bonds is 6. The van der Waals surface area contributed by atoms with E-state index in [0.29, 0.717) is 22.3 Å². The Morgan fingerprint density at radius 3 is 2.60 bits per heavy atom. The number of carbonyl (C=O) groups is 2. The molecular weight excluding hydrogens is 478 g/mol. The van der Waals surface area contributed by atoms with E-state index in [1.807, 2.05) is 30.3 Å². The zero-order valence-corrected chi connectivity index (χ0v) is 21.2. The van der Waals surface area contributed by atoms with Crippen LogP contribution < -0.4 is 10.9 Å². The van der Waals surface area contributed by atoms with E-state index < -0.39 is 0 Å². The van der Waals surface area contributed by atoms with Crippen LogP contribution in [-0.2, 0) is 17.6 Å². The van der Waals surface area contributed by atoms with E-state index in [1.54, 1.807) is 40.2 Å². The molecule has 1 amide bonds. The molecule has 0 fully saturated rings. The van der Waals surface area contributed by atoms with Gasteiger partial charge in [-0.25, -0.2) is 4.98 Å². The average Bonchev–Trinajstić information content (AvgIpc) is 3.21. The lowest BCUT2D eigenvalue weighted by atomic mass is 9.89. The second-order valence-electron chi connectivity index (χ2n) is 8.87. The topological polar surface area (TPSA) is 81.1 Å². The Kier molecular flexibility index (Phi) is 6.58. The average molecular weight is 504 g/mol. The quantitative estimate of drug-likeness (QED) is 0.213. The monoisotopic (exact) mass is 503 g/mol. The number of nitrogens with one attached hydrogen (secondary N) is 1. The van der Waals surface area contributed by atoms with Gasteiger partial charge in [0.1, 0.15) is 4.83 Å². The number of nitrogens with zero attached hydrogens (tertiary/aromatic N) is 2. The fourth-order valence-corrected chi connectivity index (χ4v) is 6.62. The van der Waals surface area contributed by atoms with Crippen LogP contribution in [0.2, 0.25) is 0 Å². The zero-order valence-electron chi connectivity index (χ0n) is 19.5. The summed E-state index contributed by atoms with van der Waals surface area (Å²) >= 11 is 2.86. The molecule has 1 N–H and O–H groups in total. The maximum atomic E-state index is 13.8. The molecule has 0 saturated heterocycles. The first kappa shape index (κ1) is 23.5. The number of thioether (sulfide) groups is 1.